The van der Waals surface area contributed by atoms with Crippen LogP contribution in [-0.4, -0.2) is 40.6 Å². The number of aromatic hydroxyl groups is 1. The quantitative estimate of drug-likeness (QED) is 0.666. The molecule has 0 unspecified atom stereocenters. The summed E-state index contributed by atoms with van der Waals surface area (Å²) in [5.41, 5.74) is -0.00735. The summed E-state index contributed by atoms with van der Waals surface area (Å²) in [5.74, 6) is -2.55. The topological polar surface area (TPSA) is 130 Å². The van der Waals surface area contributed by atoms with Crippen molar-refractivity contribution in [3.8, 4) is 11.5 Å². The molecule has 150 valence electrons. The number of amides is 1. The highest BCUT2D eigenvalue weighted by molar-refractivity contribution is 7.92. The van der Waals surface area contributed by atoms with Gasteiger partial charge in [0, 0.05) is 12.0 Å². The van der Waals surface area contributed by atoms with Gasteiger partial charge >= 0.3 is 20.3 Å². The Bertz CT molecular complexity index is 1140. The van der Waals surface area contributed by atoms with Gasteiger partial charge in [0.15, 0.2) is 5.82 Å². The summed E-state index contributed by atoms with van der Waals surface area (Å²) in [4.78, 5) is 11.3. The zero-order valence-electron chi connectivity index (χ0n) is 14.4. The second-order valence-electron chi connectivity index (χ2n) is 6.05. The number of hydrogen-bond donors (Lipinski definition) is 2. The Morgan fingerprint density at radius 1 is 1.29 bits per heavy atom. The first-order chi connectivity index (χ1) is 13.0. The van der Waals surface area contributed by atoms with E-state index in [0.29, 0.717) is 9.87 Å². The number of para-hydroxylation sites is 1. The van der Waals surface area contributed by atoms with Crippen molar-refractivity contribution in [1.82, 2.24) is 4.72 Å². The van der Waals surface area contributed by atoms with E-state index in [1.807, 2.05) is 0 Å². The van der Waals surface area contributed by atoms with Crippen LogP contribution < -0.4 is 13.2 Å². The molecule has 1 aliphatic rings. The van der Waals surface area contributed by atoms with Crippen molar-refractivity contribution >= 4 is 31.9 Å². The minimum Gasteiger partial charge on any atom is -0.506 e. The molecule has 3 rings (SSSR count). The molecule has 1 saturated heterocycles. The molecule has 1 fully saturated rings. The number of phenolic OH excluding ortho intramolecular Hbond substituents is 1. The standard InChI is InChI=1S/C16H15FN2O7S2/c1-27(22,23)26-14-5-3-2-4-11(14)6-10-7-12(17)16(13(20)8-10)19-9-15(21)18-28(19,24)25/h2-5,7-8,20H,6,9H2,1H3,(H,18,21). The highest BCUT2D eigenvalue weighted by atomic mass is 32.2. The van der Waals surface area contributed by atoms with E-state index in [2.05, 4.69) is 0 Å². The lowest BCUT2D eigenvalue weighted by atomic mass is 10.0. The molecule has 0 spiro atoms. The van der Waals surface area contributed by atoms with E-state index in [4.69, 9.17) is 4.18 Å². The predicted molar refractivity (Wildman–Crippen MR) is 97.2 cm³/mol. The van der Waals surface area contributed by atoms with Crippen molar-refractivity contribution in [1.29, 1.82) is 0 Å². The summed E-state index contributed by atoms with van der Waals surface area (Å²) in [6.45, 7) is -0.656. The second-order valence-corrected chi connectivity index (χ2v) is 9.22. The number of carbonyl (C=O) groups is 1. The van der Waals surface area contributed by atoms with Gasteiger partial charge in [-0.1, -0.05) is 18.2 Å². The summed E-state index contributed by atoms with van der Waals surface area (Å²) >= 11 is 0. The lowest BCUT2D eigenvalue weighted by Gasteiger charge is -2.18. The molecule has 2 aromatic carbocycles. The smallest absolute Gasteiger partial charge is 0.326 e. The summed E-state index contributed by atoms with van der Waals surface area (Å²) < 4.78 is 68.1. The second kappa shape index (κ2) is 6.95. The normalized spacial score (nSPS) is 16.1. The van der Waals surface area contributed by atoms with E-state index < -0.39 is 50.0 Å². The minimum atomic E-state index is -4.29. The van der Waals surface area contributed by atoms with Crippen molar-refractivity contribution < 1.29 is 35.3 Å². The van der Waals surface area contributed by atoms with Crippen LogP contribution in [0.1, 0.15) is 11.1 Å². The predicted octanol–water partition coefficient (Wildman–Crippen LogP) is 0.641. The molecular formula is C16H15FN2O7S2. The van der Waals surface area contributed by atoms with Gasteiger partial charge in [-0.3, -0.25) is 4.79 Å². The lowest BCUT2D eigenvalue weighted by Crippen LogP contribution is -2.30. The fraction of sp³-hybridized carbons (Fsp3) is 0.188. The molecule has 0 aromatic heterocycles. The van der Waals surface area contributed by atoms with Crippen molar-refractivity contribution in [3.63, 3.8) is 0 Å². The van der Waals surface area contributed by atoms with Crippen LogP contribution in [-0.2, 0) is 31.5 Å². The van der Waals surface area contributed by atoms with E-state index >= 15 is 0 Å². The molecule has 1 aliphatic heterocycles. The van der Waals surface area contributed by atoms with Crippen LogP contribution in [0.3, 0.4) is 0 Å². The highest BCUT2D eigenvalue weighted by Crippen LogP contribution is 2.35. The first-order valence-electron chi connectivity index (χ1n) is 7.78. The first kappa shape index (κ1) is 19.9. The molecule has 0 aliphatic carbocycles. The Kier molecular flexibility index (Phi) is 4.93. The lowest BCUT2D eigenvalue weighted by molar-refractivity contribution is -0.117. The molecule has 0 atom stereocenters. The first-order valence-corrected chi connectivity index (χ1v) is 11.0. The zero-order chi connectivity index (χ0) is 20.7. The molecule has 2 N–H and O–H groups in total. The van der Waals surface area contributed by atoms with Gasteiger partial charge in [-0.25, -0.2) is 13.4 Å². The van der Waals surface area contributed by atoms with E-state index in [1.54, 1.807) is 22.9 Å². The van der Waals surface area contributed by atoms with Crippen LogP contribution in [0.2, 0.25) is 0 Å². The molecule has 1 amide bonds. The molecule has 28 heavy (non-hydrogen) atoms. The molecule has 1 heterocycles. The van der Waals surface area contributed by atoms with Crippen LogP contribution in [0.15, 0.2) is 36.4 Å². The summed E-state index contributed by atoms with van der Waals surface area (Å²) in [5, 5.41) is 10.2. The molecule has 0 radical (unpaired) electrons. The maximum atomic E-state index is 14.6. The van der Waals surface area contributed by atoms with E-state index in [0.717, 1.165) is 18.4 Å². The number of nitrogens with zero attached hydrogens (tertiary/aromatic N) is 1. The number of hydrogen-bond acceptors (Lipinski definition) is 7. The Hall–Kier alpha value is -2.86. The average Bonchev–Trinajstić information content (AvgIpc) is 2.80. The number of carbonyl (C=O) groups excluding carboxylic acids is 1. The maximum absolute atomic E-state index is 14.6. The Labute approximate surface area is 160 Å². The van der Waals surface area contributed by atoms with Gasteiger partial charge in [-0.2, -0.15) is 16.8 Å². The molecule has 9 nitrogen and oxygen atoms in total. The fourth-order valence-corrected chi connectivity index (χ4v) is 4.41. The SMILES string of the molecule is CS(=O)(=O)Oc1ccccc1Cc1cc(O)c(N2CC(=O)NS2(=O)=O)c(F)c1. The van der Waals surface area contributed by atoms with Gasteiger partial charge in [0.05, 0.1) is 6.26 Å². The summed E-state index contributed by atoms with van der Waals surface area (Å²) in [6.07, 6.45) is 0.885. The Balaban J connectivity index is 1.96. The van der Waals surface area contributed by atoms with Crippen molar-refractivity contribution in [2.45, 2.75) is 6.42 Å². The van der Waals surface area contributed by atoms with Gasteiger partial charge in [0.2, 0.25) is 0 Å². The van der Waals surface area contributed by atoms with Crippen LogP contribution in [0.5, 0.6) is 11.5 Å². The number of rotatable bonds is 5. The molecule has 0 bridgehead atoms. The fourth-order valence-electron chi connectivity index (χ4n) is 2.75. The largest absolute Gasteiger partial charge is 0.506 e. The van der Waals surface area contributed by atoms with Gasteiger partial charge in [0.1, 0.15) is 23.7 Å². The van der Waals surface area contributed by atoms with Gasteiger partial charge < -0.3 is 9.29 Å². The number of benzene rings is 2. The van der Waals surface area contributed by atoms with E-state index in [9.17, 15) is 31.1 Å². The Morgan fingerprint density at radius 2 is 1.96 bits per heavy atom. The summed E-state index contributed by atoms with van der Waals surface area (Å²) in [6, 6.07) is 8.31. The molecule has 0 saturated carbocycles. The number of halogens is 1. The van der Waals surface area contributed by atoms with Crippen LogP contribution in [0, 0.1) is 5.82 Å². The number of nitrogens with one attached hydrogen (secondary N) is 1. The third-order valence-corrected chi connectivity index (χ3v) is 5.64. The van der Waals surface area contributed by atoms with Crippen LogP contribution >= 0.6 is 0 Å². The van der Waals surface area contributed by atoms with Gasteiger partial charge in [-0.05, 0) is 23.8 Å². The van der Waals surface area contributed by atoms with E-state index in [1.165, 1.54) is 6.07 Å². The van der Waals surface area contributed by atoms with Gasteiger partial charge in [-0.15, -0.1) is 0 Å². The zero-order valence-corrected chi connectivity index (χ0v) is 16.0. The molecular weight excluding hydrogens is 415 g/mol. The van der Waals surface area contributed by atoms with Crippen molar-refractivity contribution in [2.75, 3.05) is 17.1 Å². The Morgan fingerprint density at radius 3 is 2.54 bits per heavy atom. The third-order valence-electron chi connectivity index (χ3n) is 3.78. The monoisotopic (exact) mass is 430 g/mol. The highest BCUT2D eigenvalue weighted by Gasteiger charge is 2.37. The maximum Gasteiger partial charge on any atom is 0.326 e. The van der Waals surface area contributed by atoms with Crippen LogP contribution in [0.4, 0.5) is 10.1 Å². The third kappa shape index (κ3) is 4.17. The minimum absolute atomic E-state index is 0.000381. The summed E-state index contributed by atoms with van der Waals surface area (Å²) in [7, 11) is -8.07. The molecule has 2 aromatic rings. The number of phenols is 1. The van der Waals surface area contributed by atoms with Crippen molar-refractivity contribution in [2.24, 2.45) is 0 Å². The van der Waals surface area contributed by atoms with Crippen LogP contribution in [0.25, 0.3) is 0 Å². The number of anilines is 1. The van der Waals surface area contributed by atoms with Crippen molar-refractivity contribution in [3.05, 3.63) is 53.3 Å². The average molecular weight is 430 g/mol. The molecule has 12 heteroatoms. The van der Waals surface area contributed by atoms with E-state index in [-0.39, 0.29) is 17.7 Å². The van der Waals surface area contributed by atoms with Gasteiger partial charge in [0.25, 0.3) is 5.91 Å².